The second-order valence-electron chi connectivity index (χ2n) is 4.44. The second-order valence-corrected chi connectivity index (χ2v) is 4.44. The lowest BCUT2D eigenvalue weighted by Gasteiger charge is -2.21. The van der Waals surface area contributed by atoms with Crippen molar-refractivity contribution in [2.24, 2.45) is 5.41 Å². The van der Waals surface area contributed by atoms with E-state index in [1.54, 1.807) is 0 Å². The molecule has 0 aliphatic heterocycles. The summed E-state index contributed by atoms with van der Waals surface area (Å²) >= 11 is 0. The summed E-state index contributed by atoms with van der Waals surface area (Å²) in [6.45, 7) is 7.67. The van der Waals surface area contributed by atoms with Gasteiger partial charge in [0.15, 0.2) is 0 Å². The zero-order valence-electron chi connectivity index (χ0n) is 9.13. The third-order valence-electron chi connectivity index (χ3n) is 2.13. The molecule has 0 aromatic carbocycles. The van der Waals surface area contributed by atoms with E-state index in [0.717, 1.165) is 24.6 Å². The van der Waals surface area contributed by atoms with Crippen LogP contribution in [0.1, 0.15) is 25.4 Å². The van der Waals surface area contributed by atoms with E-state index in [0.29, 0.717) is 0 Å². The Morgan fingerprint density at radius 1 is 1.43 bits per heavy atom. The van der Waals surface area contributed by atoms with Crippen LogP contribution in [0.2, 0.25) is 0 Å². The third kappa shape index (κ3) is 3.52. The Bertz CT molecular complexity index is 279. The molecular formula is C11H19NO2. The number of hydrogen-bond acceptors (Lipinski definition) is 3. The van der Waals surface area contributed by atoms with Gasteiger partial charge in [0.2, 0.25) is 0 Å². The van der Waals surface area contributed by atoms with E-state index in [9.17, 15) is 0 Å². The first kappa shape index (κ1) is 11.3. The van der Waals surface area contributed by atoms with Crippen LogP contribution in [0.3, 0.4) is 0 Å². The summed E-state index contributed by atoms with van der Waals surface area (Å²) in [5, 5.41) is 12.3. The fourth-order valence-corrected chi connectivity index (χ4v) is 1.16. The molecule has 14 heavy (non-hydrogen) atoms. The monoisotopic (exact) mass is 197 g/mol. The summed E-state index contributed by atoms with van der Waals surface area (Å²) in [6, 6.07) is 3.92. The van der Waals surface area contributed by atoms with E-state index < -0.39 is 0 Å². The minimum atomic E-state index is -0.0678. The minimum absolute atomic E-state index is 0.0678. The standard InChI is InChI=1S/C11H19NO2/c1-9-4-5-10(14-9)6-12-7-11(2,3)8-13/h4-5,12-13H,6-8H2,1-3H3. The maximum absolute atomic E-state index is 9.03. The van der Waals surface area contributed by atoms with E-state index >= 15 is 0 Å². The lowest BCUT2D eigenvalue weighted by Crippen LogP contribution is -2.31. The summed E-state index contributed by atoms with van der Waals surface area (Å²) in [5.74, 6) is 1.87. The van der Waals surface area contributed by atoms with Crippen LogP contribution in [0, 0.1) is 12.3 Å². The zero-order chi connectivity index (χ0) is 10.6. The summed E-state index contributed by atoms with van der Waals surface area (Å²) in [7, 11) is 0. The average Bonchev–Trinajstić information content (AvgIpc) is 2.51. The molecule has 0 aliphatic rings. The van der Waals surface area contributed by atoms with Crippen molar-refractivity contribution in [1.82, 2.24) is 5.32 Å². The van der Waals surface area contributed by atoms with Gasteiger partial charge in [-0.1, -0.05) is 13.8 Å². The molecule has 1 aromatic rings. The van der Waals surface area contributed by atoms with Gasteiger partial charge in [-0.25, -0.2) is 0 Å². The largest absolute Gasteiger partial charge is 0.465 e. The van der Waals surface area contributed by atoms with Crippen LogP contribution in [0.4, 0.5) is 0 Å². The first-order valence-corrected chi connectivity index (χ1v) is 4.90. The van der Waals surface area contributed by atoms with E-state index in [4.69, 9.17) is 9.52 Å². The minimum Gasteiger partial charge on any atom is -0.465 e. The Morgan fingerprint density at radius 3 is 2.64 bits per heavy atom. The molecule has 0 radical (unpaired) electrons. The van der Waals surface area contributed by atoms with Crippen LogP contribution in [-0.2, 0) is 6.54 Å². The molecular weight excluding hydrogens is 178 g/mol. The topological polar surface area (TPSA) is 45.4 Å². The normalized spacial score (nSPS) is 12.0. The molecule has 0 bridgehead atoms. The van der Waals surface area contributed by atoms with Crippen LogP contribution in [-0.4, -0.2) is 18.3 Å². The highest BCUT2D eigenvalue weighted by atomic mass is 16.3. The molecule has 3 heteroatoms. The van der Waals surface area contributed by atoms with Crippen LogP contribution >= 0.6 is 0 Å². The highest BCUT2D eigenvalue weighted by Crippen LogP contribution is 2.12. The summed E-state index contributed by atoms with van der Waals surface area (Å²) in [6.07, 6.45) is 0. The van der Waals surface area contributed by atoms with Crippen molar-refractivity contribution in [3.05, 3.63) is 23.7 Å². The Hall–Kier alpha value is -0.800. The van der Waals surface area contributed by atoms with Crippen LogP contribution in [0.15, 0.2) is 16.5 Å². The molecule has 1 rings (SSSR count). The van der Waals surface area contributed by atoms with Crippen molar-refractivity contribution in [1.29, 1.82) is 0 Å². The molecule has 0 fully saturated rings. The molecule has 0 saturated heterocycles. The molecule has 0 amide bonds. The lowest BCUT2D eigenvalue weighted by molar-refractivity contribution is 0.156. The molecule has 0 unspecified atom stereocenters. The number of nitrogens with one attached hydrogen (secondary N) is 1. The van der Waals surface area contributed by atoms with Crippen molar-refractivity contribution < 1.29 is 9.52 Å². The first-order chi connectivity index (χ1) is 6.53. The second kappa shape index (κ2) is 4.62. The van der Waals surface area contributed by atoms with Gasteiger partial charge < -0.3 is 14.8 Å². The SMILES string of the molecule is Cc1ccc(CNCC(C)(C)CO)o1. The zero-order valence-corrected chi connectivity index (χ0v) is 9.13. The molecule has 0 atom stereocenters. The third-order valence-corrected chi connectivity index (χ3v) is 2.13. The predicted molar refractivity (Wildman–Crippen MR) is 56.0 cm³/mol. The van der Waals surface area contributed by atoms with Crippen LogP contribution in [0.5, 0.6) is 0 Å². The molecule has 80 valence electrons. The van der Waals surface area contributed by atoms with Gasteiger partial charge in [-0.3, -0.25) is 0 Å². The fourth-order valence-electron chi connectivity index (χ4n) is 1.16. The highest BCUT2D eigenvalue weighted by molar-refractivity contribution is 5.05. The van der Waals surface area contributed by atoms with E-state index in [-0.39, 0.29) is 12.0 Å². The maximum Gasteiger partial charge on any atom is 0.117 e. The Balaban J connectivity index is 2.28. The molecule has 2 N–H and O–H groups in total. The smallest absolute Gasteiger partial charge is 0.117 e. The predicted octanol–water partition coefficient (Wildman–Crippen LogP) is 1.70. The summed E-state index contributed by atoms with van der Waals surface area (Å²) < 4.78 is 5.41. The van der Waals surface area contributed by atoms with Crippen LogP contribution in [0.25, 0.3) is 0 Å². The molecule has 3 nitrogen and oxygen atoms in total. The fraction of sp³-hybridized carbons (Fsp3) is 0.636. The highest BCUT2D eigenvalue weighted by Gasteiger charge is 2.15. The van der Waals surface area contributed by atoms with Gasteiger partial charge >= 0.3 is 0 Å². The van der Waals surface area contributed by atoms with E-state index in [1.807, 2.05) is 32.9 Å². The van der Waals surface area contributed by atoms with Crippen molar-refractivity contribution in [2.45, 2.75) is 27.3 Å². The first-order valence-electron chi connectivity index (χ1n) is 4.90. The molecule has 0 spiro atoms. The van der Waals surface area contributed by atoms with Gasteiger partial charge in [0.25, 0.3) is 0 Å². The van der Waals surface area contributed by atoms with Crippen molar-refractivity contribution in [2.75, 3.05) is 13.2 Å². The van der Waals surface area contributed by atoms with Gasteiger partial charge in [-0.2, -0.15) is 0 Å². The van der Waals surface area contributed by atoms with Gasteiger partial charge in [0.1, 0.15) is 11.5 Å². The van der Waals surface area contributed by atoms with E-state index in [2.05, 4.69) is 5.32 Å². The van der Waals surface area contributed by atoms with E-state index in [1.165, 1.54) is 0 Å². The van der Waals surface area contributed by atoms with Crippen molar-refractivity contribution in [3.8, 4) is 0 Å². The molecule has 1 aromatic heterocycles. The number of aliphatic hydroxyl groups excluding tert-OH is 1. The molecule has 0 aliphatic carbocycles. The molecule has 0 saturated carbocycles. The number of hydrogen-bond donors (Lipinski definition) is 2. The average molecular weight is 197 g/mol. The van der Waals surface area contributed by atoms with Crippen LogP contribution < -0.4 is 5.32 Å². The van der Waals surface area contributed by atoms with Gasteiger partial charge in [0.05, 0.1) is 6.54 Å². The number of rotatable bonds is 5. The maximum atomic E-state index is 9.03. The molecule has 1 heterocycles. The summed E-state index contributed by atoms with van der Waals surface area (Å²) in [4.78, 5) is 0. The number of aliphatic hydroxyl groups is 1. The number of furan rings is 1. The van der Waals surface area contributed by atoms with Crippen molar-refractivity contribution >= 4 is 0 Å². The number of aryl methyl sites for hydroxylation is 1. The Morgan fingerprint density at radius 2 is 2.14 bits per heavy atom. The Kier molecular flexibility index (Phi) is 3.72. The lowest BCUT2D eigenvalue weighted by atomic mass is 9.95. The Labute approximate surface area is 85.1 Å². The van der Waals surface area contributed by atoms with Gasteiger partial charge in [0, 0.05) is 18.6 Å². The quantitative estimate of drug-likeness (QED) is 0.755. The van der Waals surface area contributed by atoms with Gasteiger partial charge in [-0.15, -0.1) is 0 Å². The summed E-state index contributed by atoms with van der Waals surface area (Å²) in [5.41, 5.74) is -0.0678. The van der Waals surface area contributed by atoms with Gasteiger partial charge in [-0.05, 0) is 19.1 Å². The van der Waals surface area contributed by atoms with Crippen molar-refractivity contribution in [3.63, 3.8) is 0 Å².